The maximum atomic E-state index is 12.3. The van der Waals surface area contributed by atoms with Crippen molar-refractivity contribution in [2.75, 3.05) is 0 Å². The molecular formula is C13H14Br2OS. The van der Waals surface area contributed by atoms with Crippen LogP contribution in [0.15, 0.2) is 26.0 Å². The molecule has 1 aromatic heterocycles. The van der Waals surface area contributed by atoms with Crippen molar-refractivity contribution in [1.82, 2.24) is 0 Å². The highest BCUT2D eigenvalue weighted by Gasteiger charge is 2.16. The Hall–Kier alpha value is 0.0700. The van der Waals surface area contributed by atoms with Gasteiger partial charge < -0.3 is 0 Å². The number of thiophene rings is 1. The average molecular weight is 378 g/mol. The van der Waals surface area contributed by atoms with Gasteiger partial charge in [-0.3, -0.25) is 4.79 Å². The molecule has 0 radical (unpaired) electrons. The first-order valence-corrected chi connectivity index (χ1v) is 8.27. The van der Waals surface area contributed by atoms with E-state index in [4.69, 9.17) is 0 Å². The molecule has 0 N–H and O–H groups in total. The van der Waals surface area contributed by atoms with Crippen molar-refractivity contribution < 1.29 is 4.79 Å². The summed E-state index contributed by atoms with van der Waals surface area (Å²) < 4.78 is 1.96. The fraction of sp³-hybridized carbons (Fsp3) is 0.462. The zero-order chi connectivity index (χ0) is 12.3. The third kappa shape index (κ3) is 3.52. The standard InChI is InChI=1S/C13H14Br2OS/c14-10-8-11(17-13(10)15)12(16)9-6-4-2-1-3-5-7-9/h6,8H,1-5,7H2/b9-6+. The molecule has 0 aromatic carbocycles. The lowest BCUT2D eigenvalue weighted by atomic mass is 9.97. The van der Waals surface area contributed by atoms with Crippen molar-refractivity contribution >= 4 is 49.0 Å². The van der Waals surface area contributed by atoms with Gasteiger partial charge in [-0.05, 0) is 69.2 Å². The van der Waals surface area contributed by atoms with Crippen LogP contribution in [-0.2, 0) is 0 Å². The van der Waals surface area contributed by atoms with E-state index < -0.39 is 0 Å². The summed E-state index contributed by atoms with van der Waals surface area (Å²) in [4.78, 5) is 13.2. The fourth-order valence-corrected chi connectivity index (χ4v) is 4.03. The second-order valence-electron chi connectivity index (χ2n) is 4.24. The van der Waals surface area contributed by atoms with Gasteiger partial charge in [-0.25, -0.2) is 0 Å². The molecule has 0 spiro atoms. The van der Waals surface area contributed by atoms with Crippen LogP contribution in [0.25, 0.3) is 0 Å². The van der Waals surface area contributed by atoms with Gasteiger partial charge in [0, 0.05) is 4.47 Å². The Morgan fingerprint density at radius 2 is 1.94 bits per heavy atom. The molecule has 1 nitrogen and oxygen atoms in total. The van der Waals surface area contributed by atoms with Crippen molar-refractivity contribution in [3.63, 3.8) is 0 Å². The quantitative estimate of drug-likeness (QED) is 0.601. The second kappa shape index (κ2) is 6.30. The molecule has 0 saturated heterocycles. The molecule has 0 unspecified atom stereocenters. The number of hydrogen-bond acceptors (Lipinski definition) is 2. The minimum Gasteiger partial charge on any atom is -0.288 e. The van der Waals surface area contributed by atoms with Crippen LogP contribution in [0.5, 0.6) is 0 Å². The van der Waals surface area contributed by atoms with Crippen molar-refractivity contribution in [2.24, 2.45) is 0 Å². The number of halogens is 2. The van der Waals surface area contributed by atoms with E-state index in [1.807, 2.05) is 6.07 Å². The molecule has 0 amide bonds. The first-order valence-electron chi connectivity index (χ1n) is 5.87. The number of rotatable bonds is 2. The van der Waals surface area contributed by atoms with Gasteiger partial charge in [-0.1, -0.05) is 18.9 Å². The molecule has 17 heavy (non-hydrogen) atoms. The predicted molar refractivity (Wildman–Crippen MR) is 79.8 cm³/mol. The minimum absolute atomic E-state index is 0.211. The molecule has 1 heterocycles. The van der Waals surface area contributed by atoms with Crippen molar-refractivity contribution in [3.05, 3.63) is 30.9 Å². The minimum atomic E-state index is 0.211. The van der Waals surface area contributed by atoms with Crippen molar-refractivity contribution in [1.29, 1.82) is 0 Å². The van der Waals surface area contributed by atoms with E-state index in [0.29, 0.717) is 0 Å². The van der Waals surface area contributed by atoms with Crippen LogP contribution in [0.1, 0.15) is 48.2 Å². The van der Waals surface area contributed by atoms with Crippen LogP contribution in [-0.4, -0.2) is 5.78 Å². The Morgan fingerprint density at radius 1 is 1.18 bits per heavy atom. The van der Waals surface area contributed by atoms with Crippen LogP contribution in [0.3, 0.4) is 0 Å². The summed E-state index contributed by atoms with van der Waals surface area (Å²) in [5.74, 6) is 0.211. The van der Waals surface area contributed by atoms with Crippen LogP contribution in [0.2, 0.25) is 0 Å². The van der Waals surface area contributed by atoms with E-state index in [0.717, 1.165) is 38.0 Å². The molecule has 0 fully saturated rings. The summed E-state index contributed by atoms with van der Waals surface area (Å²) in [7, 11) is 0. The lowest BCUT2D eigenvalue weighted by Gasteiger charge is -2.09. The Balaban J connectivity index is 2.17. The highest BCUT2D eigenvalue weighted by molar-refractivity contribution is 9.13. The molecule has 0 aliphatic heterocycles. The smallest absolute Gasteiger partial charge is 0.198 e. The summed E-state index contributed by atoms with van der Waals surface area (Å²) in [6.45, 7) is 0. The van der Waals surface area contributed by atoms with Crippen molar-refractivity contribution in [2.45, 2.75) is 38.5 Å². The zero-order valence-corrected chi connectivity index (χ0v) is 13.5. The topological polar surface area (TPSA) is 17.1 Å². The Morgan fingerprint density at radius 3 is 2.65 bits per heavy atom. The van der Waals surface area contributed by atoms with Gasteiger partial charge in [0.1, 0.15) is 0 Å². The summed E-state index contributed by atoms with van der Waals surface area (Å²) in [5.41, 5.74) is 1.01. The summed E-state index contributed by atoms with van der Waals surface area (Å²) in [5, 5.41) is 0. The summed E-state index contributed by atoms with van der Waals surface area (Å²) >= 11 is 8.37. The number of allylic oxidation sites excluding steroid dienone is 2. The molecule has 0 saturated carbocycles. The van der Waals surface area contributed by atoms with Crippen LogP contribution < -0.4 is 0 Å². The highest BCUT2D eigenvalue weighted by atomic mass is 79.9. The van der Waals surface area contributed by atoms with Gasteiger partial charge in [-0.15, -0.1) is 11.3 Å². The van der Waals surface area contributed by atoms with E-state index >= 15 is 0 Å². The van der Waals surface area contributed by atoms with Gasteiger partial charge in [0.05, 0.1) is 8.66 Å². The van der Waals surface area contributed by atoms with Gasteiger partial charge >= 0.3 is 0 Å². The maximum absolute atomic E-state index is 12.3. The molecule has 2 rings (SSSR count). The Kier molecular flexibility index (Phi) is 5.00. The lowest BCUT2D eigenvalue weighted by Crippen LogP contribution is -2.03. The maximum Gasteiger partial charge on any atom is 0.198 e. The molecule has 92 valence electrons. The van der Waals surface area contributed by atoms with E-state index in [1.165, 1.54) is 30.6 Å². The van der Waals surface area contributed by atoms with E-state index in [1.54, 1.807) is 0 Å². The van der Waals surface area contributed by atoms with Crippen LogP contribution in [0, 0.1) is 0 Å². The van der Waals surface area contributed by atoms with E-state index in [-0.39, 0.29) is 5.78 Å². The largest absolute Gasteiger partial charge is 0.288 e. The van der Waals surface area contributed by atoms with Crippen molar-refractivity contribution in [3.8, 4) is 0 Å². The molecule has 1 aliphatic carbocycles. The first-order chi connectivity index (χ1) is 8.18. The van der Waals surface area contributed by atoms with E-state index in [9.17, 15) is 4.79 Å². The molecule has 0 bridgehead atoms. The monoisotopic (exact) mass is 376 g/mol. The summed E-state index contributed by atoms with van der Waals surface area (Å²) in [6.07, 6.45) is 9.04. The Labute approximate surface area is 123 Å². The molecule has 4 heteroatoms. The lowest BCUT2D eigenvalue weighted by molar-refractivity contribution is 0.103. The summed E-state index contributed by atoms with van der Waals surface area (Å²) in [6, 6.07) is 1.91. The van der Waals surface area contributed by atoms with Gasteiger partial charge in [0.15, 0.2) is 5.78 Å². The number of hydrogen-bond donors (Lipinski definition) is 0. The first kappa shape index (κ1) is 13.5. The molecule has 1 aromatic rings. The third-order valence-electron chi connectivity index (χ3n) is 2.95. The molecule has 0 atom stereocenters. The normalized spacial score (nSPS) is 20.2. The zero-order valence-electron chi connectivity index (χ0n) is 9.47. The molecule has 1 aliphatic rings. The van der Waals surface area contributed by atoms with Gasteiger partial charge in [0.2, 0.25) is 0 Å². The van der Waals surface area contributed by atoms with E-state index in [2.05, 4.69) is 37.9 Å². The SMILES string of the molecule is O=C(/C1=C/CCCCCC1)c1cc(Br)c(Br)s1. The number of carbonyl (C=O) groups excluding carboxylic acids is 1. The average Bonchev–Trinajstić information content (AvgIpc) is 2.58. The Bertz CT molecular complexity index is 429. The predicted octanol–water partition coefficient (Wildman–Crippen LogP) is 5.74. The van der Waals surface area contributed by atoms with Gasteiger partial charge in [-0.2, -0.15) is 0 Å². The van der Waals surface area contributed by atoms with Crippen LogP contribution >= 0.6 is 43.2 Å². The molecular weight excluding hydrogens is 364 g/mol. The number of ketones is 1. The fourth-order valence-electron chi connectivity index (χ4n) is 2.01. The number of Topliss-reactive ketones (excluding diaryl/α,β-unsaturated/α-hetero) is 1. The van der Waals surface area contributed by atoms with Gasteiger partial charge in [0.25, 0.3) is 0 Å². The van der Waals surface area contributed by atoms with Crippen LogP contribution in [0.4, 0.5) is 0 Å². The number of carbonyl (C=O) groups is 1. The third-order valence-corrected chi connectivity index (χ3v) is 6.21. The second-order valence-corrected chi connectivity index (χ2v) is 7.47. The highest BCUT2D eigenvalue weighted by Crippen LogP contribution is 2.34.